The molecule has 21 heavy (non-hydrogen) atoms. The summed E-state index contributed by atoms with van der Waals surface area (Å²) in [6.45, 7) is 7.46. The lowest BCUT2D eigenvalue weighted by molar-refractivity contribution is -0.0782. The van der Waals surface area contributed by atoms with Crippen LogP contribution < -0.4 is 0 Å². The lowest BCUT2D eigenvalue weighted by atomic mass is 9.86. The first-order chi connectivity index (χ1) is 9.78. The molecular formula is C17H23BrCl2O. The van der Waals surface area contributed by atoms with Crippen molar-refractivity contribution in [2.45, 2.75) is 58.0 Å². The van der Waals surface area contributed by atoms with Crippen molar-refractivity contribution >= 4 is 39.1 Å². The zero-order chi connectivity index (χ0) is 15.6. The van der Waals surface area contributed by atoms with Gasteiger partial charge in [-0.25, -0.2) is 0 Å². The quantitative estimate of drug-likeness (QED) is 0.508. The fourth-order valence-electron chi connectivity index (χ4n) is 2.84. The Balaban J connectivity index is 1.91. The number of ether oxygens (including phenoxy) is 1. The molecule has 1 nitrogen and oxygen atoms in total. The maximum Gasteiger partial charge on any atom is 0.0626 e. The molecule has 0 bridgehead atoms. The molecule has 2 rings (SSSR count). The number of hydrogen-bond donors (Lipinski definition) is 0. The molecule has 0 aliphatic carbocycles. The molecule has 0 N–H and O–H groups in total. The summed E-state index contributed by atoms with van der Waals surface area (Å²) in [7, 11) is 0. The van der Waals surface area contributed by atoms with Crippen LogP contribution in [0.25, 0.3) is 0 Å². The van der Waals surface area contributed by atoms with E-state index in [9.17, 15) is 0 Å². The van der Waals surface area contributed by atoms with Crippen molar-refractivity contribution in [3.8, 4) is 0 Å². The molecule has 1 aromatic carbocycles. The van der Waals surface area contributed by atoms with Gasteiger partial charge in [-0.3, -0.25) is 0 Å². The minimum Gasteiger partial charge on any atom is -0.375 e. The Morgan fingerprint density at radius 3 is 2.67 bits per heavy atom. The summed E-state index contributed by atoms with van der Waals surface area (Å²) < 4.78 is 6.78. The second-order valence-corrected chi connectivity index (χ2v) is 8.41. The Labute approximate surface area is 146 Å². The molecule has 1 saturated heterocycles. The molecular weight excluding hydrogens is 371 g/mol. The summed E-state index contributed by atoms with van der Waals surface area (Å²) in [6, 6.07) is 3.88. The van der Waals surface area contributed by atoms with Crippen LogP contribution in [0.4, 0.5) is 0 Å². The second kappa shape index (κ2) is 7.21. The molecule has 1 aliphatic heterocycles. The molecule has 1 aromatic rings. The summed E-state index contributed by atoms with van der Waals surface area (Å²) in [6.07, 6.45) is 4.71. The smallest absolute Gasteiger partial charge is 0.0626 e. The van der Waals surface area contributed by atoms with Gasteiger partial charge in [0.1, 0.15) is 0 Å². The molecule has 4 heteroatoms. The van der Waals surface area contributed by atoms with Crippen LogP contribution >= 0.6 is 39.1 Å². The number of hydrogen-bond acceptors (Lipinski definition) is 1. The van der Waals surface area contributed by atoms with Gasteiger partial charge < -0.3 is 4.74 Å². The van der Waals surface area contributed by atoms with Gasteiger partial charge in [0.2, 0.25) is 0 Å². The van der Waals surface area contributed by atoms with Crippen LogP contribution in [-0.2, 0) is 4.74 Å². The van der Waals surface area contributed by atoms with Crippen molar-refractivity contribution < 1.29 is 4.74 Å². The van der Waals surface area contributed by atoms with Crippen LogP contribution in [0.1, 0.15) is 57.9 Å². The third-order valence-electron chi connectivity index (χ3n) is 4.44. The van der Waals surface area contributed by atoms with Crippen molar-refractivity contribution in [3.05, 3.63) is 32.2 Å². The number of halogens is 3. The minimum absolute atomic E-state index is 0.0602. The van der Waals surface area contributed by atoms with Crippen LogP contribution in [0, 0.1) is 5.92 Å². The lowest BCUT2D eigenvalue weighted by Gasteiger charge is -2.35. The van der Waals surface area contributed by atoms with Gasteiger partial charge >= 0.3 is 0 Å². The monoisotopic (exact) mass is 392 g/mol. The SMILES string of the molecule is CC(CCC1CCC(C)(C)OC1)c1cc(Cl)c(Br)cc1Cl. The molecule has 1 aliphatic rings. The van der Waals surface area contributed by atoms with E-state index in [2.05, 4.69) is 36.7 Å². The topological polar surface area (TPSA) is 9.23 Å². The Hall–Kier alpha value is 0.240. The van der Waals surface area contributed by atoms with Crippen molar-refractivity contribution in [2.24, 2.45) is 5.92 Å². The van der Waals surface area contributed by atoms with E-state index in [-0.39, 0.29) is 5.60 Å². The molecule has 0 spiro atoms. The van der Waals surface area contributed by atoms with Crippen molar-refractivity contribution in [1.82, 2.24) is 0 Å². The van der Waals surface area contributed by atoms with E-state index in [0.717, 1.165) is 39.5 Å². The maximum absolute atomic E-state index is 6.34. The van der Waals surface area contributed by atoms with Crippen LogP contribution in [-0.4, -0.2) is 12.2 Å². The third kappa shape index (κ3) is 4.86. The Kier molecular flexibility index (Phi) is 6.04. The van der Waals surface area contributed by atoms with E-state index in [1.807, 2.05) is 12.1 Å². The van der Waals surface area contributed by atoms with E-state index in [1.165, 1.54) is 12.8 Å². The highest BCUT2D eigenvalue weighted by atomic mass is 79.9. The van der Waals surface area contributed by atoms with Crippen LogP contribution in [0.15, 0.2) is 16.6 Å². The Bertz CT molecular complexity index is 492. The van der Waals surface area contributed by atoms with Gasteiger partial charge in [-0.05, 0) is 85.0 Å². The molecule has 2 unspecified atom stereocenters. The molecule has 0 saturated carbocycles. The molecule has 0 amide bonds. The minimum atomic E-state index is 0.0602. The average Bonchev–Trinajstić information content (AvgIpc) is 2.41. The maximum atomic E-state index is 6.34. The van der Waals surface area contributed by atoms with Crippen molar-refractivity contribution in [2.75, 3.05) is 6.61 Å². The largest absolute Gasteiger partial charge is 0.375 e. The fraction of sp³-hybridized carbons (Fsp3) is 0.647. The Morgan fingerprint density at radius 2 is 2.05 bits per heavy atom. The van der Waals surface area contributed by atoms with Gasteiger partial charge in [-0.1, -0.05) is 30.1 Å². The molecule has 0 radical (unpaired) electrons. The average molecular weight is 394 g/mol. The van der Waals surface area contributed by atoms with Gasteiger partial charge in [-0.15, -0.1) is 0 Å². The van der Waals surface area contributed by atoms with Gasteiger partial charge in [0.15, 0.2) is 0 Å². The molecule has 0 aromatic heterocycles. The number of benzene rings is 1. The summed E-state index contributed by atoms with van der Waals surface area (Å²) in [5.41, 5.74) is 1.20. The standard InChI is InChI=1S/C17H23BrCl2O/c1-11(13-8-16(20)14(18)9-15(13)19)4-5-12-6-7-17(2,3)21-10-12/h8-9,11-12H,4-7,10H2,1-3H3. The van der Waals surface area contributed by atoms with Gasteiger partial charge in [0.05, 0.1) is 17.2 Å². The summed E-state index contributed by atoms with van der Waals surface area (Å²) >= 11 is 15.9. The van der Waals surface area contributed by atoms with Crippen LogP contribution in [0.2, 0.25) is 10.0 Å². The predicted molar refractivity (Wildman–Crippen MR) is 94.6 cm³/mol. The molecule has 2 atom stereocenters. The van der Waals surface area contributed by atoms with Crippen LogP contribution in [0.3, 0.4) is 0 Å². The summed E-state index contributed by atoms with van der Waals surface area (Å²) in [5, 5.41) is 1.52. The zero-order valence-corrected chi connectivity index (χ0v) is 16.0. The van der Waals surface area contributed by atoms with Crippen LogP contribution in [0.5, 0.6) is 0 Å². The van der Waals surface area contributed by atoms with E-state index in [4.69, 9.17) is 27.9 Å². The van der Waals surface area contributed by atoms with Crippen molar-refractivity contribution in [3.63, 3.8) is 0 Å². The first-order valence-corrected chi connectivity index (χ1v) is 9.12. The first kappa shape index (κ1) is 17.6. The highest BCUT2D eigenvalue weighted by Gasteiger charge is 2.27. The highest BCUT2D eigenvalue weighted by molar-refractivity contribution is 9.10. The van der Waals surface area contributed by atoms with E-state index in [0.29, 0.717) is 11.8 Å². The van der Waals surface area contributed by atoms with E-state index >= 15 is 0 Å². The molecule has 1 fully saturated rings. The van der Waals surface area contributed by atoms with E-state index < -0.39 is 0 Å². The normalized spacial score (nSPS) is 23.0. The van der Waals surface area contributed by atoms with Gasteiger partial charge in [0, 0.05) is 9.50 Å². The van der Waals surface area contributed by atoms with Gasteiger partial charge in [-0.2, -0.15) is 0 Å². The summed E-state index contributed by atoms with van der Waals surface area (Å²) in [4.78, 5) is 0. The predicted octanol–water partition coefficient (Wildman–Crippen LogP) is 6.84. The Morgan fingerprint density at radius 1 is 1.33 bits per heavy atom. The lowest BCUT2D eigenvalue weighted by Crippen LogP contribution is -2.33. The fourth-order valence-corrected chi connectivity index (χ4v) is 3.83. The number of rotatable bonds is 4. The van der Waals surface area contributed by atoms with Gasteiger partial charge in [0.25, 0.3) is 0 Å². The van der Waals surface area contributed by atoms with E-state index in [1.54, 1.807) is 0 Å². The summed E-state index contributed by atoms with van der Waals surface area (Å²) in [5.74, 6) is 1.09. The second-order valence-electron chi connectivity index (χ2n) is 6.74. The highest BCUT2D eigenvalue weighted by Crippen LogP contribution is 2.37. The molecule has 118 valence electrons. The zero-order valence-electron chi connectivity index (χ0n) is 12.9. The van der Waals surface area contributed by atoms with Crippen molar-refractivity contribution in [1.29, 1.82) is 0 Å². The third-order valence-corrected chi connectivity index (χ3v) is 5.97. The first-order valence-electron chi connectivity index (χ1n) is 7.57. The molecule has 1 heterocycles.